The molecule has 0 aliphatic heterocycles. The van der Waals surface area contributed by atoms with Crippen LogP contribution in [0.4, 0.5) is 10.1 Å². The van der Waals surface area contributed by atoms with Gasteiger partial charge in [0.2, 0.25) is 0 Å². The largest absolute Gasteiger partial charge is 0.494 e. The van der Waals surface area contributed by atoms with Crippen LogP contribution in [-0.2, 0) is 10.0 Å². The summed E-state index contributed by atoms with van der Waals surface area (Å²) in [6, 6.07) is 13.1. The van der Waals surface area contributed by atoms with Crippen molar-refractivity contribution in [1.29, 1.82) is 0 Å². The molecule has 0 fully saturated rings. The van der Waals surface area contributed by atoms with Gasteiger partial charge in [-0.3, -0.25) is 9.71 Å². The zero-order valence-corrected chi connectivity index (χ0v) is 20.7. The second kappa shape index (κ2) is 10.2. The van der Waals surface area contributed by atoms with Gasteiger partial charge in [0.15, 0.2) is 34.6 Å². The van der Waals surface area contributed by atoms with Gasteiger partial charge in [0.25, 0.3) is 10.0 Å². The Morgan fingerprint density at radius 1 is 0.750 bits per heavy atom. The van der Waals surface area contributed by atoms with Crippen LogP contribution in [0.25, 0.3) is 10.9 Å². The molecule has 11 heteroatoms. The van der Waals surface area contributed by atoms with E-state index in [1.165, 1.54) is 40.6 Å². The standard InChI is InChI=1S/C25H23FN2O7S/c1-31-21-10-7-17-19(11-12-27-24(17)25(21)34-4)35-20-9-5-15(13-23(20)33-3)28-36(29,30)16-6-8-18(26)22(14-16)32-2/h5-14,28H,1-4H3. The number of hydrogen-bond acceptors (Lipinski definition) is 8. The first kappa shape index (κ1) is 24.9. The van der Waals surface area contributed by atoms with Crippen molar-refractivity contribution in [3.8, 4) is 34.5 Å². The first-order valence-corrected chi connectivity index (χ1v) is 12.0. The van der Waals surface area contributed by atoms with Crippen molar-refractivity contribution in [1.82, 2.24) is 4.98 Å². The zero-order chi connectivity index (χ0) is 25.9. The topological polar surface area (TPSA) is 105 Å². The number of aromatic nitrogens is 1. The van der Waals surface area contributed by atoms with E-state index in [1.807, 2.05) is 0 Å². The van der Waals surface area contributed by atoms with Crippen molar-refractivity contribution >= 4 is 26.6 Å². The van der Waals surface area contributed by atoms with Crippen molar-refractivity contribution in [2.75, 3.05) is 33.2 Å². The fourth-order valence-corrected chi connectivity index (χ4v) is 4.62. The van der Waals surface area contributed by atoms with E-state index in [0.717, 1.165) is 18.2 Å². The lowest BCUT2D eigenvalue weighted by Crippen LogP contribution is -2.13. The fraction of sp³-hybridized carbons (Fsp3) is 0.160. The lowest BCUT2D eigenvalue weighted by molar-refractivity contribution is 0.357. The molecule has 0 radical (unpaired) electrons. The van der Waals surface area contributed by atoms with Crippen molar-refractivity contribution in [3.63, 3.8) is 0 Å². The maximum absolute atomic E-state index is 13.7. The molecular weight excluding hydrogens is 491 g/mol. The predicted molar refractivity (Wildman–Crippen MR) is 132 cm³/mol. The van der Waals surface area contributed by atoms with Crippen LogP contribution < -0.4 is 28.4 Å². The summed E-state index contributed by atoms with van der Waals surface area (Å²) in [6.07, 6.45) is 1.57. The zero-order valence-electron chi connectivity index (χ0n) is 19.9. The monoisotopic (exact) mass is 514 g/mol. The van der Waals surface area contributed by atoms with Crippen LogP contribution in [0.3, 0.4) is 0 Å². The third kappa shape index (κ3) is 4.78. The van der Waals surface area contributed by atoms with Gasteiger partial charge < -0.3 is 23.7 Å². The van der Waals surface area contributed by atoms with E-state index < -0.39 is 15.8 Å². The van der Waals surface area contributed by atoms with Gasteiger partial charge in [0.05, 0.1) is 39.0 Å². The van der Waals surface area contributed by atoms with Gasteiger partial charge in [0, 0.05) is 23.7 Å². The normalized spacial score (nSPS) is 11.1. The molecule has 1 heterocycles. The van der Waals surface area contributed by atoms with Crippen LogP contribution in [0, 0.1) is 5.82 Å². The highest BCUT2D eigenvalue weighted by Gasteiger charge is 2.19. The molecule has 3 aromatic carbocycles. The Balaban J connectivity index is 1.65. The molecule has 36 heavy (non-hydrogen) atoms. The number of rotatable bonds is 9. The van der Waals surface area contributed by atoms with Gasteiger partial charge in [-0.15, -0.1) is 0 Å². The molecule has 188 valence electrons. The summed E-state index contributed by atoms with van der Waals surface area (Å²) in [5.41, 5.74) is 0.765. The maximum Gasteiger partial charge on any atom is 0.262 e. The quantitative estimate of drug-likeness (QED) is 0.333. The van der Waals surface area contributed by atoms with Gasteiger partial charge in [-0.05, 0) is 42.5 Å². The second-order valence-corrected chi connectivity index (χ2v) is 9.06. The number of benzene rings is 3. The summed E-state index contributed by atoms with van der Waals surface area (Å²) in [7, 11) is 1.72. The van der Waals surface area contributed by atoms with E-state index >= 15 is 0 Å². The number of methoxy groups -OCH3 is 4. The molecule has 0 saturated carbocycles. The first-order valence-electron chi connectivity index (χ1n) is 10.5. The smallest absolute Gasteiger partial charge is 0.262 e. The van der Waals surface area contributed by atoms with E-state index in [4.69, 9.17) is 23.7 Å². The van der Waals surface area contributed by atoms with Crippen LogP contribution >= 0.6 is 0 Å². The molecule has 0 unspecified atom stereocenters. The molecule has 9 nitrogen and oxygen atoms in total. The Labute approximate surface area is 207 Å². The summed E-state index contributed by atoms with van der Waals surface area (Å²) >= 11 is 0. The second-order valence-electron chi connectivity index (χ2n) is 7.38. The van der Waals surface area contributed by atoms with Gasteiger partial charge in [-0.25, -0.2) is 12.8 Å². The Hall–Kier alpha value is -4.25. The van der Waals surface area contributed by atoms with E-state index in [-0.39, 0.29) is 22.1 Å². The van der Waals surface area contributed by atoms with E-state index in [9.17, 15) is 12.8 Å². The number of nitrogens with one attached hydrogen (secondary N) is 1. The number of nitrogens with zero attached hydrogens (tertiary/aromatic N) is 1. The van der Waals surface area contributed by atoms with Crippen LogP contribution in [-0.4, -0.2) is 41.8 Å². The Morgan fingerprint density at radius 3 is 2.17 bits per heavy atom. The lowest BCUT2D eigenvalue weighted by atomic mass is 10.1. The lowest BCUT2D eigenvalue weighted by Gasteiger charge is -2.16. The van der Waals surface area contributed by atoms with E-state index in [0.29, 0.717) is 33.9 Å². The third-order valence-corrected chi connectivity index (χ3v) is 6.66. The highest BCUT2D eigenvalue weighted by molar-refractivity contribution is 7.92. The number of hydrogen-bond donors (Lipinski definition) is 1. The predicted octanol–water partition coefficient (Wildman–Crippen LogP) is 5.00. The van der Waals surface area contributed by atoms with Crippen LogP contribution in [0.1, 0.15) is 0 Å². The van der Waals surface area contributed by atoms with Crippen LogP contribution in [0.5, 0.6) is 34.5 Å². The van der Waals surface area contributed by atoms with Crippen molar-refractivity contribution < 1.29 is 36.5 Å². The van der Waals surface area contributed by atoms with Crippen LogP contribution in [0.15, 0.2) is 65.7 Å². The van der Waals surface area contributed by atoms with Gasteiger partial charge in [0.1, 0.15) is 11.3 Å². The minimum atomic E-state index is -4.03. The molecule has 0 aliphatic carbocycles. The maximum atomic E-state index is 13.7. The summed E-state index contributed by atoms with van der Waals surface area (Å²) in [4.78, 5) is 4.22. The molecule has 4 aromatic rings. The number of fused-ring (bicyclic) bond motifs is 1. The number of ether oxygens (including phenoxy) is 5. The van der Waals surface area contributed by atoms with Gasteiger partial charge in [-0.1, -0.05) is 0 Å². The molecule has 0 amide bonds. The molecule has 0 aliphatic rings. The number of anilines is 1. The van der Waals surface area contributed by atoms with E-state index in [2.05, 4.69) is 9.71 Å². The molecule has 1 aromatic heterocycles. The third-order valence-electron chi connectivity index (χ3n) is 5.28. The molecule has 0 atom stereocenters. The summed E-state index contributed by atoms with van der Waals surface area (Å²) in [5, 5.41) is 0.673. The molecule has 0 saturated heterocycles. The van der Waals surface area contributed by atoms with Gasteiger partial charge >= 0.3 is 0 Å². The highest BCUT2D eigenvalue weighted by atomic mass is 32.2. The summed E-state index contributed by atoms with van der Waals surface area (Å²) in [5.74, 6) is 1.24. The minimum absolute atomic E-state index is 0.160. The Bertz CT molecular complexity index is 1530. The Kier molecular flexibility index (Phi) is 7.02. The number of halogens is 1. The highest BCUT2D eigenvalue weighted by Crippen LogP contribution is 2.41. The SMILES string of the molecule is COc1cc(S(=O)(=O)Nc2ccc(Oc3ccnc4c(OC)c(OC)ccc34)c(OC)c2)ccc1F. The Morgan fingerprint density at radius 2 is 1.47 bits per heavy atom. The molecule has 1 N–H and O–H groups in total. The van der Waals surface area contributed by atoms with Crippen LogP contribution in [0.2, 0.25) is 0 Å². The summed E-state index contributed by atoms with van der Waals surface area (Å²) < 4.78 is 69.0. The molecule has 0 bridgehead atoms. The minimum Gasteiger partial charge on any atom is -0.494 e. The van der Waals surface area contributed by atoms with Crippen molar-refractivity contribution in [3.05, 3.63) is 66.6 Å². The first-order chi connectivity index (χ1) is 17.3. The average molecular weight is 515 g/mol. The summed E-state index contributed by atoms with van der Waals surface area (Å²) in [6.45, 7) is 0. The van der Waals surface area contributed by atoms with Crippen molar-refractivity contribution in [2.24, 2.45) is 0 Å². The molecule has 4 rings (SSSR count). The van der Waals surface area contributed by atoms with E-state index in [1.54, 1.807) is 30.5 Å². The number of pyridine rings is 1. The molecule has 0 spiro atoms. The fourth-order valence-electron chi connectivity index (χ4n) is 3.55. The number of sulfonamides is 1. The van der Waals surface area contributed by atoms with Gasteiger partial charge in [-0.2, -0.15) is 0 Å². The van der Waals surface area contributed by atoms with Crippen molar-refractivity contribution in [2.45, 2.75) is 4.90 Å². The molecular formula is C25H23FN2O7S. The average Bonchev–Trinajstić information content (AvgIpc) is 2.88.